The first-order chi connectivity index (χ1) is 15.1. The molecular formula is C23H23N5O3. The summed E-state index contributed by atoms with van der Waals surface area (Å²) in [5.74, 6) is -0.465. The van der Waals surface area contributed by atoms with Crippen molar-refractivity contribution in [1.29, 1.82) is 0 Å². The zero-order valence-electron chi connectivity index (χ0n) is 17.4. The van der Waals surface area contributed by atoms with Gasteiger partial charge in [0.25, 0.3) is 0 Å². The summed E-state index contributed by atoms with van der Waals surface area (Å²) < 4.78 is 8.86. The van der Waals surface area contributed by atoms with Crippen LogP contribution in [0.3, 0.4) is 0 Å². The topological polar surface area (TPSA) is 91.9 Å². The lowest BCUT2D eigenvalue weighted by Gasteiger charge is -2.15. The number of hydrogen-bond acceptors (Lipinski definition) is 6. The molecule has 0 radical (unpaired) electrons. The van der Waals surface area contributed by atoms with E-state index in [9.17, 15) is 9.59 Å². The van der Waals surface area contributed by atoms with E-state index < -0.39 is 0 Å². The number of aromatic nitrogens is 5. The summed E-state index contributed by atoms with van der Waals surface area (Å²) in [6, 6.07) is 11.5. The Labute approximate surface area is 179 Å². The Balaban J connectivity index is 1.65. The Bertz CT molecular complexity index is 1200. The fourth-order valence-electron chi connectivity index (χ4n) is 3.44. The first kappa shape index (κ1) is 20.5. The number of carbonyl (C=O) groups is 2. The highest BCUT2D eigenvalue weighted by Gasteiger charge is 2.17. The summed E-state index contributed by atoms with van der Waals surface area (Å²) in [6.45, 7) is 3.66. The van der Waals surface area contributed by atoms with E-state index in [0.29, 0.717) is 12.1 Å². The normalized spacial score (nSPS) is 12.2. The smallest absolute Gasteiger partial charge is 0.310 e. The average molecular weight is 417 g/mol. The molecule has 158 valence electrons. The molecule has 0 aliphatic rings. The maximum Gasteiger partial charge on any atom is 0.310 e. The first-order valence-corrected chi connectivity index (χ1v) is 10.1. The second-order valence-electron chi connectivity index (χ2n) is 7.57. The van der Waals surface area contributed by atoms with Crippen LogP contribution in [0.2, 0.25) is 0 Å². The number of ether oxygens (including phenoxy) is 1. The summed E-state index contributed by atoms with van der Waals surface area (Å²) in [5, 5.41) is 13.7. The largest absolute Gasteiger partial charge is 0.444 e. The number of fused-ring (bicyclic) bond motifs is 1. The van der Waals surface area contributed by atoms with E-state index in [0.717, 1.165) is 28.4 Å². The molecule has 0 saturated heterocycles. The number of rotatable bonds is 8. The van der Waals surface area contributed by atoms with E-state index in [-0.39, 0.29) is 24.7 Å². The van der Waals surface area contributed by atoms with Gasteiger partial charge in [-0.25, -0.2) is 0 Å². The first-order valence-electron chi connectivity index (χ1n) is 10.1. The lowest BCUT2D eigenvalue weighted by molar-refractivity contribution is -0.151. The van der Waals surface area contributed by atoms with E-state index in [1.165, 1.54) is 0 Å². The molecule has 3 aromatic heterocycles. The summed E-state index contributed by atoms with van der Waals surface area (Å²) in [4.78, 5) is 23.1. The molecule has 0 aliphatic heterocycles. The second kappa shape index (κ2) is 8.91. The molecule has 0 N–H and O–H groups in total. The predicted molar refractivity (Wildman–Crippen MR) is 115 cm³/mol. The molecule has 0 bridgehead atoms. The monoisotopic (exact) mass is 417 g/mol. The van der Waals surface area contributed by atoms with Crippen molar-refractivity contribution in [3.63, 3.8) is 0 Å². The van der Waals surface area contributed by atoms with Gasteiger partial charge in [-0.3, -0.25) is 14.0 Å². The minimum absolute atomic E-state index is 0.0767. The van der Waals surface area contributed by atoms with Crippen molar-refractivity contribution in [3.05, 3.63) is 66.7 Å². The Morgan fingerprint density at radius 1 is 1.16 bits per heavy atom. The van der Waals surface area contributed by atoms with Gasteiger partial charge in [-0.1, -0.05) is 44.2 Å². The van der Waals surface area contributed by atoms with Gasteiger partial charge in [-0.2, -0.15) is 10.2 Å². The van der Waals surface area contributed by atoms with E-state index in [1.54, 1.807) is 35.5 Å². The molecule has 0 saturated carbocycles. The highest BCUT2D eigenvalue weighted by molar-refractivity contribution is 5.92. The zero-order valence-corrected chi connectivity index (χ0v) is 17.4. The van der Waals surface area contributed by atoms with Crippen LogP contribution in [0.4, 0.5) is 0 Å². The van der Waals surface area contributed by atoms with Gasteiger partial charge >= 0.3 is 5.97 Å². The van der Waals surface area contributed by atoms with Gasteiger partial charge < -0.3 is 9.53 Å². The lowest BCUT2D eigenvalue weighted by Crippen LogP contribution is -2.14. The van der Waals surface area contributed by atoms with E-state index >= 15 is 0 Å². The number of hydrogen-bond donors (Lipinski definition) is 0. The van der Waals surface area contributed by atoms with Crippen molar-refractivity contribution in [1.82, 2.24) is 24.5 Å². The van der Waals surface area contributed by atoms with Crippen molar-refractivity contribution < 1.29 is 14.3 Å². The number of nitrogens with zero attached hydrogens (tertiary/aromatic N) is 5. The highest BCUT2D eigenvalue weighted by Crippen LogP contribution is 2.29. The second-order valence-corrected chi connectivity index (χ2v) is 7.57. The molecule has 4 aromatic rings. The van der Waals surface area contributed by atoms with Crippen LogP contribution in [0.15, 0.2) is 61.2 Å². The molecule has 1 aromatic carbocycles. The third-order valence-electron chi connectivity index (χ3n) is 5.12. The molecule has 0 fully saturated rings. The molecule has 8 heteroatoms. The quantitative estimate of drug-likeness (QED) is 0.321. The van der Waals surface area contributed by atoms with Crippen LogP contribution in [0.1, 0.15) is 31.9 Å². The minimum Gasteiger partial charge on any atom is -0.444 e. The van der Waals surface area contributed by atoms with Gasteiger partial charge in [0.05, 0.1) is 24.4 Å². The molecule has 0 amide bonds. The minimum atomic E-state index is -0.269. The molecule has 1 unspecified atom stereocenters. The molecule has 8 nitrogen and oxygen atoms in total. The Morgan fingerprint density at radius 2 is 1.97 bits per heavy atom. The van der Waals surface area contributed by atoms with Crippen LogP contribution in [-0.4, -0.2) is 36.8 Å². The van der Waals surface area contributed by atoms with Crippen molar-refractivity contribution in [3.8, 4) is 11.1 Å². The standard InChI is InChI=1S/C23H23N5O3/c1-16(2)23(30)31-15-27-10-8-19-20(13-24-26-22(19)27)18-12-25-28(14-18)21(9-11-29)17-6-4-3-5-7-17/h3-8,10-14,16,21H,9,15H2,1-2H3. The molecule has 0 spiro atoms. The van der Waals surface area contributed by atoms with E-state index in [1.807, 2.05) is 48.8 Å². The van der Waals surface area contributed by atoms with Crippen molar-refractivity contribution in [2.24, 2.45) is 5.92 Å². The average Bonchev–Trinajstić information content (AvgIpc) is 3.43. The van der Waals surface area contributed by atoms with Gasteiger partial charge in [-0.05, 0) is 11.6 Å². The predicted octanol–water partition coefficient (Wildman–Crippen LogP) is 3.63. The Morgan fingerprint density at radius 3 is 2.71 bits per heavy atom. The van der Waals surface area contributed by atoms with Gasteiger partial charge in [0.15, 0.2) is 12.4 Å². The van der Waals surface area contributed by atoms with Crippen LogP contribution in [-0.2, 0) is 21.1 Å². The van der Waals surface area contributed by atoms with Gasteiger partial charge in [0, 0.05) is 35.3 Å². The highest BCUT2D eigenvalue weighted by atomic mass is 16.5. The number of carbonyl (C=O) groups excluding carboxylic acids is 2. The third-order valence-corrected chi connectivity index (χ3v) is 5.12. The summed E-state index contributed by atoms with van der Waals surface area (Å²) >= 11 is 0. The molecule has 4 rings (SSSR count). The van der Waals surface area contributed by atoms with E-state index in [2.05, 4.69) is 15.3 Å². The Kier molecular flexibility index (Phi) is 5.88. The number of benzene rings is 1. The molecule has 0 aliphatic carbocycles. The van der Waals surface area contributed by atoms with Crippen LogP contribution in [0.25, 0.3) is 22.2 Å². The maximum absolute atomic E-state index is 11.8. The van der Waals surface area contributed by atoms with Gasteiger partial charge in [0.2, 0.25) is 0 Å². The number of aldehydes is 1. The van der Waals surface area contributed by atoms with Crippen LogP contribution in [0, 0.1) is 5.92 Å². The van der Waals surface area contributed by atoms with Crippen LogP contribution < -0.4 is 0 Å². The van der Waals surface area contributed by atoms with E-state index in [4.69, 9.17) is 4.74 Å². The Hall–Kier alpha value is -3.81. The van der Waals surface area contributed by atoms with Crippen molar-refractivity contribution >= 4 is 23.3 Å². The van der Waals surface area contributed by atoms with Crippen LogP contribution >= 0.6 is 0 Å². The molecule has 31 heavy (non-hydrogen) atoms. The van der Waals surface area contributed by atoms with Crippen LogP contribution in [0.5, 0.6) is 0 Å². The third kappa shape index (κ3) is 4.23. The molecular weight excluding hydrogens is 394 g/mol. The van der Waals surface area contributed by atoms with Crippen molar-refractivity contribution in [2.45, 2.75) is 33.0 Å². The zero-order chi connectivity index (χ0) is 21.8. The maximum atomic E-state index is 11.8. The molecule has 3 heterocycles. The van der Waals surface area contributed by atoms with Crippen molar-refractivity contribution in [2.75, 3.05) is 0 Å². The summed E-state index contributed by atoms with van der Waals surface area (Å²) in [6.07, 6.45) is 8.41. The van der Waals surface area contributed by atoms with Gasteiger partial charge in [-0.15, -0.1) is 5.10 Å². The lowest BCUT2D eigenvalue weighted by atomic mass is 10.0. The summed E-state index contributed by atoms with van der Waals surface area (Å²) in [7, 11) is 0. The summed E-state index contributed by atoms with van der Waals surface area (Å²) in [5.41, 5.74) is 3.36. The fourth-order valence-corrected chi connectivity index (χ4v) is 3.44. The number of esters is 1. The fraction of sp³-hybridized carbons (Fsp3) is 0.261. The van der Waals surface area contributed by atoms with Gasteiger partial charge in [0.1, 0.15) is 6.29 Å². The molecule has 1 atom stereocenters. The SMILES string of the molecule is CC(C)C(=O)OCn1ccc2c(-c3cnn(C(CC=O)c4ccccc4)c3)cnnc21.